The lowest BCUT2D eigenvalue weighted by Gasteiger charge is -2.22. The summed E-state index contributed by atoms with van der Waals surface area (Å²) in [6, 6.07) is 2.98. The van der Waals surface area contributed by atoms with Crippen molar-refractivity contribution < 1.29 is 22.7 Å². The summed E-state index contributed by atoms with van der Waals surface area (Å²) in [6.45, 7) is 1.42. The molecule has 2 aliphatic heterocycles. The Kier molecular flexibility index (Phi) is 4.86. The number of hydrogen-bond acceptors (Lipinski definition) is 6. The lowest BCUT2D eigenvalue weighted by Crippen LogP contribution is -2.35. The maximum absolute atomic E-state index is 12.4. The fourth-order valence-corrected chi connectivity index (χ4v) is 4.15. The molecule has 0 unspecified atom stereocenters. The van der Waals surface area contributed by atoms with Gasteiger partial charge in [0, 0.05) is 30.2 Å². The molecular formula is C16H20N2O5S. The fourth-order valence-electron chi connectivity index (χ4n) is 2.92. The van der Waals surface area contributed by atoms with Gasteiger partial charge in [-0.3, -0.25) is 4.79 Å². The van der Waals surface area contributed by atoms with Crippen molar-refractivity contribution in [3.8, 4) is 5.88 Å². The van der Waals surface area contributed by atoms with Crippen LogP contribution in [0.4, 0.5) is 0 Å². The molecule has 3 heterocycles. The number of carbonyl (C=O) groups is 1. The molecule has 1 saturated heterocycles. The molecule has 1 atom stereocenters. The Morgan fingerprint density at radius 2 is 2.08 bits per heavy atom. The van der Waals surface area contributed by atoms with Crippen LogP contribution in [0.3, 0.4) is 0 Å². The standard InChI is InChI=1S/C16H20N2O5S/c1-22-16-13(15(19)17-12-6-9-24(20,21)10-12)2-3-14(18-16)11-4-7-23-8-5-11/h2-3,6,9,11-12H,4-5,7-8,10H2,1H3,(H,17,19)/t12-/m1/s1. The van der Waals surface area contributed by atoms with E-state index in [1.54, 1.807) is 6.07 Å². The van der Waals surface area contributed by atoms with E-state index in [2.05, 4.69) is 10.3 Å². The summed E-state index contributed by atoms with van der Waals surface area (Å²) in [5.41, 5.74) is 1.18. The molecule has 1 fully saturated rings. The Labute approximate surface area is 141 Å². The van der Waals surface area contributed by atoms with E-state index in [0.29, 0.717) is 24.7 Å². The van der Waals surface area contributed by atoms with Crippen LogP contribution in [0, 0.1) is 0 Å². The van der Waals surface area contributed by atoms with E-state index in [-0.39, 0.29) is 11.6 Å². The van der Waals surface area contributed by atoms with E-state index >= 15 is 0 Å². The van der Waals surface area contributed by atoms with Gasteiger partial charge in [-0.05, 0) is 31.1 Å². The van der Waals surface area contributed by atoms with Gasteiger partial charge in [0.2, 0.25) is 5.88 Å². The van der Waals surface area contributed by atoms with Gasteiger partial charge in [0.05, 0.1) is 18.9 Å². The number of ether oxygens (including phenoxy) is 2. The number of nitrogens with zero attached hydrogens (tertiary/aromatic N) is 1. The van der Waals surface area contributed by atoms with Crippen LogP contribution in [0.25, 0.3) is 0 Å². The van der Waals surface area contributed by atoms with Gasteiger partial charge in [-0.25, -0.2) is 13.4 Å². The molecule has 1 aromatic heterocycles. The number of carbonyl (C=O) groups excluding carboxylic acids is 1. The van der Waals surface area contributed by atoms with Crippen molar-refractivity contribution in [3.05, 3.63) is 34.9 Å². The zero-order valence-corrected chi connectivity index (χ0v) is 14.2. The second-order valence-corrected chi connectivity index (χ2v) is 7.85. The first-order valence-electron chi connectivity index (χ1n) is 7.83. The van der Waals surface area contributed by atoms with Crippen molar-refractivity contribution in [2.45, 2.75) is 24.8 Å². The lowest BCUT2D eigenvalue weighted by atomic mass is 9.95. The summed E-state index contributed by atoms with van der Waals surface area (Å²) in [7, 11) is -1.75. The van der Waals surface area contributed by atoms with Crippen molar-refractivity contribution in [1.29, 1.82) is 0 Å². The van der Waals surface area contributed by atoms with Gasteiger partial charge in [-0.15, -0.1) is 0 Å². The number of sulfone groups is 1. The Balaban J connectivity index is 1.75. The third kappa shape index (κ3) is 3.76. The van der Waals surface area contributed by atoms with E-state index in [1.165, 1.54) is 13.2 Å². The number of rotatable bonds is 4. The normalized spacial score (nSPS) is 23.1. The molecule has 1 aromatic rings. The Morgan fingerprint density at radius 1 is 1.33 bits per heavy atom. The molecule has 3 rings (SSSR count). The van der Waals surface area contributed by atoms with Crippen LogP contribution in [0.1, 0.15) is 34.8 Å². The molecule has 0 aliphatic carbocycles. The van der Waals surface area contributed by atoms with Gasteiger partial charge >= 0.3 is 0 Å². The van der Waals surface area contributed by atoms with Crippen molar-refractivity contribution in [3.63, 3.8) is 0 Å². The predicted molar refractivity (Wildman–Crippen MR) is 87.8 cm³/mol. The average Bonchev–Trinajstić information content (AvgIpc) is 2.93. The molecular weight excluding hydrogens is 332 g/mol. The molecule has 0 aromatic carbocycles. The van der Waals surface area contributed by atoms with Crippen LogP contribution in [-0.4, -0.2) is 51.4 Å². The third-order valence-electron chi connectivity index (χ3n) is 4.21. The van der Waals surface area contributed by atoms with Crippen LogP contribution in [0.2, 0.25) is 0 Å². The molecule has 2 aliphatic rings. The number of pyridine rings is 1. The highest BCUT2D eigenvalue weighted by molar-refractivity contribution is 7.94. The van der Waals surface area contributed by atoms with Crippen LogP contribution in [0.5, 0.6) is 5.88 Å². The van der Waals surface area contributed by atoms with Gasteiger partial charge in [-0.2, -0.15) is 0 Å². The summed E-state index contributed by atoms with van der Waals surface area (Å²) in [4.78, 5) is 16.9. The van der Waals surface area contributed by atoms with E-state index in [0.717, 1.165) is 23.9 Å². The summed E-state index contributed by atoms with van der Waals surface area (Å²) in [6.07, 6.45) is 3.27. The third-order valence-corrected chi connectivity index (χ3v) is 5.60. The van der Waals surface area contributed by atoms with E-state index < -0.39 is 21.8 Å². The molecule has 1 amide bonds. The molecule has 7 nitrogen and oxygen atoms in total. The van der Waals surface area contributed by atoms with Gasteiger partial charge in [-0.1, -0.05) is 0 Å². The number of nitrogens with one attached hydrogen (secondary N) is 1. The van der Waals surface area contributed by atoms with E-state index in [1.807, 2.05) is 6.07 Å². The summed E-state index contributed by atoms with van der Waals surface area (Å²) < 4.78 is 33.4. The molecule has 8 heteroatoms. The quantitative estimate of drug-likeness (QED) is 0.869. The highest BCUT2D eigenvalue weighted by atomic mass is 32.2. The number of aromatic nitrogens is 1. The fraction of sp³-hybridized carbons (Fsp3) is 0.500. The monoisotopic (exact) mass is 352 g/mol. The number of hydrogen-bond donors (Lipinski definition) is 1. The predicted octanol–water partition coefficient (Wildman–Crippen LogP) is 1.02. The maximum atomic E-state index is 12.4. The Hall–Kier alpha value is -1.93. The summed E-state index contributed by atoms with van der Waals surface area (Å²) >= 11 is 0. The first kappa shape index (κ1) is 16.9. The second-order valence-electron chi connectivity index (χ2n) is 5.92. The molecule has 130 valence electrons. The SMILES string of the molecule is COc1nc(C2CCOCC2)ccc1C(=O)N[C@@H]1C=CS(=O)(=O)C1. The number of amides is 1. The van der Waals surface area contributed by atoms with Crippen LogP contribution in [0.15, 0.2) is 23.6 Å². The largest absolute Gasteiger partial charge is 0.480 e. The maximum Gasteiger partial charge on any atom is 0.257 e. The van der Waals surface area contributed by atoms with Crippen LogP contribution in [-0.2, 0) is 14.6 Å². The second kappa shape index (κ2) is 6.90. The van der Waals surface area contributed by atoms with Crippen molar-refractivity contribution in [2.24, 2.45) is 0 Å². The van der Waals surface area contributed by atoms with Crippen LogP contribution >= 0.6 is 0 Å². The highest BCUT2D eigenvalue weighted by Crippen LogP contribution is 2.28. The van der Waals surface area contributed by atoms with Gasteiger partial charge in [0.15, 0.2) is 9.84 Å². The first-order chi connectivity index (χ1) is 11.5. The van der Waals surface area contributed by atoms with Gasteiger partial charge in [0.25, 0.3) is 5.91 Å². The molecule has 0 saturated carbocycles. The van der Waals surface area contributed by atoms with Gasteiger partial charge in [0.1, 0.15) is 5.56 Å². The minimum absolute atomic E-state index is 0.116. The molecule has 0 bridgehead atoms. The zero-order chi connectivity index (χ0) is 17.2. The zero-order valence-electron chi connectivity index (χ0n) is 13.4. The minimum atomic E-state index is -3.21. The molecule has 0 radical (unpaired) electrons. The molecule has 1 N–H and O–H groups in total. The minimum Gasteiger partial charge on any atom is -0.480 e. The average molecular weight is 352 g/mol. The lowest BCUT2D eigenvalue weighted by molar-refractivity contribution is 0.0842. The Morgan fingerprint density at radius 3 is 2.71 bits per heavy atom. The Bertz CT molecular complexity index is 754. The van der Waals surface area contributed by atoms with Gasteiger partial charge < -0.3 is 14.8 Å². The van der Waals surface area contributed by atoms with E-state index in [4.69, 9.17) is 9.47 Å². The van der Waals surface area contributed by atoms with Crippen molar-refractivity contribution >= 4 is 15.7 Å². The topological polar surface area (TPSA) is 94.6 Å². The van der Waals surface area contributed by atoms with Crippen LogP contribution < -0.4 is 10.1 Å². The number of methoxy groups -OCH3 is 1. The molecule has 0 spiro atoms. The van der Waals surface area contributed by atoms with Crippen molar-refractivity contribution in [2.75, 3.05) is 26.1 Å². The molecule has 24 heavy (non-hydrogen) atoms. The van der Waals surface area contributed by atoms with E-state index in [9.17, 15) is 13.2 Å². The highest BCUT2D eigenvalue weighted by Gasteiger charge is 2.26. The summed E-state index contributed by atoms with van der Waals surface area (Å²) in [5, 5.41) is 3.81. The first-order valence-corrected chi connectivity index (χ1v) is 9.54. The smallest absolute Gasteiger partial charge is 0.257 e. The summed E-state index contributed by atoms with van der Waals surface area (Å²) in [5.74, 6) is 0.0351. The van der Waals surface area contributed by atoms with Crippen molar-refractivity contribution in [1.82, 2.24) is 10.3 Å².